The summed E-state index contributed by atoms with van der Waals surface area (Å²) >= 11 is 0. The lowest BCUT2D eigenvalue weighted by molar-refractivity contribution is -0.0510. The van der Waals surface area contributed by atoms with Gasteiger partial charge in [-0.1, -0.05) is 13.8 Å². The van der Waals surface area contributed by atoms with E-state index < -0.39 is 5.97 Å². The number of pyridine rings is 1. The minimum Gasteiger partial charge on any atom is -0.477 e. The second kappa shape index (κ2) is 4.00. The molecule has 2 unspecified atom stereocenters. The van der Waals surface area contributed by atoms with Crippen LogP contribution in [0.5, 0.6) is 0 Å². The monoisotopic (exact) mass is 236 g/mol. The highest BCUT2D eigenvalue weighted by Gasteiger charge is 2.47. The molecule has 2 rings (SSSR count). The molecule has 0 aliphatic heterocycles. The van der Waals surface area contributed by atoms with Gasteiger partial charge in [0.25, 0.3) is 0 Å². The molecule has 17 heavy (non-hydrogen) atoms. The van der Waals surface area contributed by atoms with E-state index in [-0.39, 0.29) is 23.3 Å². The van der Waals surface area contributed by atoms with Crippen molar-refractivity contribution in [2.24, 2.45) is 5.41 Å². The number of nitrogens with zero attached hydrogens (tertiary/aromatic N) is 1. The molecule has 0 saturated heterocycles. The predicted octanol–water partition coefficient (Wildman–Crippen LogP) is 1.35. The summed E-state index contributed by atoms with van der Waals surface area (Å²) in [5, 5.41) is 21.7. The first-order valence-corrected chi connectivity index (χ1v) is 5.55. The fourth-order valence-electron chi connectivity index (χ4n) is 1.99. The number of carboxylic acid groups (broad SMARTS) is 1. The number of carbonyl (C=O) groups is 1. The minimum absolute atomic E-state index is 0.0210. The molecular weight excluding hydrogens is 220 g/mol. The Labute approximate surface area is 99.5 Å². The van der Waals surface area contributed by atoms with Crippen molar-refractivity contribution in [2.45, 2.75) is 32.4 Å². The molecule has 5 heteroatoms. The Morgan fingerprint density at radius 1 is 1.59 bits per heavy atom. The molecule has 0 aromatic carbocycles. The maximum absolute atomic E-state index is 10.8. The van der Waals surface area contributed by atoms with Crippen LogP contribution in [0.1, 0.15) is 30.8 Å². The lowest BCUT2D eigenvalue weighted by atomic mass is 9.64. The SMILES string of the molecule is CC1(C)C(O)CC1Nc1ccnc(C(=O)O)c1. The molecule has 0 radical (unpaired) electrons. The predicted molar refractivity (Wildman–Crippen MR) is 63.0 cm³/mol. The highest BCUT2D eigenvalue weighted by molar-refractivity contribution is 5.86. The quantitative estimate of drug-likeness (QED) is 0.738. The van der Waals surface area contributed by atoms with Crippen LogP contribution in [0.2, 0.25) is 0 Å². The first-order chi connectivity index (χ1) is 7.91. The zero-order chi connectivity index (χ0) is 12.6. The smallest absolute Gasteiger partial charge is 0.354 e. The summed E-state index contributed by atoms with van der Waals surface area (Å²) in [7, 11) is 0. The molecule has 1 fully saturated rings. The van der Waals surface area contributed by atoms with Gasteiger partial charge < -0.3 is 15.5 Å². The lowest BCUT2D eigenvalue weighted by Gasteiger charge is -2.49. The summed E-state index contributed by atoms with van der Waals surface area (Å²) in [4.78, 5) is 14.5. The van der Waals surface area contributed by atoms with Gasteiger partial charge in [0.2, 0.25) is 0 Å². The third kappa shape index (κ3) is 2.10. The maximum atomic E-state index is 10.8. The Balaban J connectivity index is 2.10. The van der Waals surface area contributed by atoms with Gasteiger partial charge in [0.1, 0.15) is 5.69 Å². The highest BCUT2D eigenvalue weighted by atomic mass is 16.4. The van der Waals surface area contributed by atoms with E-state index in [0.29, 0.717) is 6.42 Å². The molecular formula is C12H16N2O3. The average molecular weight is 236 g/mol. The van der Waals surface area contributed by atoms with Crippen LogP contribution in [0.4, 0.5) is 5.69 Å². The molecule has 0 spiro atoms. The van der Waals surface area contributed by atoms with Gasteiger partial charge in [-0.25, -0.2) is 9.78 Å². The number of aliphatic hydroxyl groups is 1. The topological polar surface area (TPSA) is 82.5 Å². The molecule has 92 valence electrons. The normalized spacial score (nSPS) is 26.1. The second-order valence-corrected chi connectivity index (χ2v) is 5.00. The molecule has 1 heterocycles. The Morgan fingerprint density at radius 2 is 2.29 bits per heavy atom. The van der Waals surface area contributed by atoms with Crippen molar-refractivity contribution in [3.63, 3.8) is 0 Å². The van der Waals surface area contributed by atoms with Crippen LogP contribution in [0.3, 0.4) is 0 Å². The van der Waals surface area contributed by atoms with Crippen LogP contribution in [-0.4, -0.2) is 33.3 Å². The maximum Gasteiger partial charge on any atom is 0.354 e. The fraction of sp³-hybridized carbons (Fsp3) is 0.500. The van der Waals surface area contributed by atoms with Crippen molar-refractivity contribution in [2.75, 3.05) is 5.32 Å². The number of hydrogen-bond acceptors (Lipinski definition) is 4. The van der Waals surface area contributed by atoms with Crippen molar-refractivity contribution in [3.8, 4) is 0 Å². The van der Waals surface area contributed by atoms with E-state index in [1.807, 2.05) is 13.8 Å². The van der Waals surface area contributed by atoms with Gasteiger partial charge in [-0.3, -0.25) is 0 Å². The van der Waals surface area contributed by atoms with Gasteiger partial charge in [0, 0.05) is 23.3 Å². The van der Waals surface area contributed by atoms with Crippen molar-refractivity contribution >= 4 is 11.7 Å². The molecule has 1 aliphatic carbocycles. The number of aromatic nitrogens is 1. The molecule has 0 bridgehead atoms. The third-order valence-corrected chi connectivity index (χ3v) is 3.54. The molecule has 1 saturated carbocycles. The van der Waals surface area contributed by atoms with Crippen molar-refractivity contribution in [1.82, 2.24) is 4.98 Å². The summed E-state index contributed by atoms with van der Waals surface area (Å²) in [6.07, 6.45) is 1.84. The first kappa shape index (κ1) is 11.9. The van der Waals surface area contributed by atoms with E-state index in [0.717, 1.165) is 5.69 Å². The van der Waals surface area contributed by atoms with Crippen LogP contribution in [0.15, 0.2) is 18.3 Å². The Hall–Kier alpha value is -1.62. The van der Waals surface area contributed by atoms with E-state index in [1.54, 1.807) is 6.07 Å². The molecule has 1 aromatic rings. The molecule has 3 N–H and O–H groups in total. The number of hydrogen-bond donors (Lipinski definition) is 3. The lowest BCUT2D eigenvalue weighted by Crippen LogP contribution is -2.56. The van der Waals surface area contributed by atoms with Gasteiger partial charge >= 0.3 is 5.97 Å². The molecule has 0 amide bonds. The summed E-state index contributed by atoms with van der Waals surface area (Å²) in [6, 6.07) is 3.39. The molecule has 1 aromatic heterocycles. The second-order valence-electron chi connectivity index (χ2n) is 5.00. The van der Waals surface area contributed by atoms with Gasteiger partial charge in [-0.05, 0) is 18.6 Å². The van der Waals surface area contributed by atoms with Crippen LogP contribution in [0.25, 0.3) is 0 Å². The van der Waals surface area contributed by atoms with Crippen molar-refractivity contribution in [1.29, 1.82) is 0 Å². The standard InChI is InChI=1S/C12H16N2O3/c1-12(2)9(6-10(12)15)14-7-3-4-13-8(5-7)11(16)17/h3-5,9-10,15H,6H2,1-2H3,(H,13,14)(H,16,17). The summed E-state index contributed by atoms with van der Waals surface area (Å²) in [5.41, 5.74) is 0.558. The summed E-state index contributed by atoms with van der Waals surface area (Å²) in [5.74, 6) is -1.04. The number of nitrogens with one attached hydrogen (secondary N) is 1. The van der Waals surface area contributed by atoms with Crippen LogP contribution >= 0.6 is 0 Å². The largest absolute Gasteiger partial charge is 0.477 e. The van der Waals surface area contributed by atoms with E-state index in [2.05, 4.69) is 10.3 Å². The van der Waals surface area contributed by atoms with Gasteiger partial charge in [-0.2, -0.15) is 0 Å². The molecule has 5 nitrogen and oxygen atoms in total. The Bertz CT molecular complexity index is 445. The van der Waals surface area contributed by atoms with E-state index >= 15 is 0 Å². The zero-order valence-corrected chi connectivity index (χ0v) is 9.84. The van der Waals surface area contributed by atoms with E-state index in [4.69, 9.17) is 5.11 Å². The summed E-state index contributed by atoms with van der Waals surface area (Å²) in [6.45, 7) is 3.97. The first-order valence-electron chi connectivity index (χ1n) is 5.55. The highest BCUT2D eigenvalue weighted by Crippen LogP contribution is 2.42. The number of anilines is 1. The molecule has 2 atom stereocenters. The minimum atomic E-state index is -1.04. The average Bonchev–Trinajstić information content (AvgIpc) is 2.29. The number of carboxylic acids is 1. The summed E-state index contributed by atoms with van der Waals surface area (Å²) < 4.78 is 0. The Kier molecular flexibility index (Phi) is 2.79. The van der Waals surface area contributed by atoms with Gasteiger partial charge in [0.15, 0.2) is 0 Å². The van der Waals surface area contributed by atoms with E-state index in [9.17, 15) is 9.90 Å². The number of rotatable bonds is 3. The van der Waals surface area contributed by atoms with Gasteiger partial charge in [-0.15, -0.1) is 0 Å². The fourth-order valence-corrected chi connectivity index (χ4v) is 1.99. The van der Waals surface area contributed by atoms with Gasteiger partial charge in [0.05, 0.1) is 6.10 Å². The van der Waals surface area contributed by atoms with Crippen molar-refractivity contribution in [3.05, 3.63) is 24.0 Å². The third-order valence-electron chi connectivity index (χ3n) is 3.54. The van der Waals surface area contributed by atoms with Crippen LogP contribution < -0.4 is 5.32 Å². The van der Waals surface area contributed by atoms with Crippen molar-refractivity contribution < 1.29 is 15.0 Å². The zero-order valence-electron chi connectivity index (χ0n) is 9.84. The molecule has 1 aliphatic rings. The van der Waals surface area contributed by atoms with E-state index in [1.165, 1.54) is 12.3 Å². The number of aromatic carboxylic acids is 1. The van der Waals surface area contributed by atoms with Crippen LogP contribution in [-0.2, 0) is 0 Å². The number of aliphatic hydroxyl groups excluding tert-OH is 1. The van der Waals surface area contributed by atoms with Crippen LogP contribution in [0, 0.1) is 5.41 Å². The Morgan fingerprint density at radius 3 is 2.82 bits per heavy atom.